The van der Waals surface area contributed by atoms with Gasteiger partial charge in [0, 0.05) is 10.0 Å². The fourth-order valence-electron chi connectivity index (χ4n) is 0.938. The predicted octanol–water partition coefficient (Wildman–Crippen LogP) is 3.13. The smallest absolute Gasteiger partial charge is 0.186 e. The molecule has 0 N–H and O–H groups in total. The molecule has 0 fully saturated rings. The van der Waals surface area contributed by atoms with Crippen molar-refractivity contribution in [2.24, 2.45) is 0 Å². The zero-order valence-corrected chi connectivity index (χ0v) is 8.39. The number of carbonyl (C=O) groups is 1. The molecule has 0 saturated heterocycles. The molecule has 0 aromatic heterocycles. The molecule has 0 atom stereocenters. The van der Waals surface area contributed by atoms with Crippen LogP contribution in [0.3, 0.4) is 0 Å². The summed E-state index contributed by atoms with van der Waals surface area (Å²) in [5, 5.41) is 0. The SMILES string of the molecule is C=CC(=O)c1cc(C)ccc1Br. The number of allylic oxidation sites excluding steroid dienone is 1. The van der Waals surface area contributed by atoms with Crippen molar-refractivity contribution in [1.82, 2.24) is 0 Å². The maximum absolute atomic E-state index is 11.2. The van der Waals surface area contributed by atoms with Gasteiger partial charge in [0.25, 0.3) is 0 Å². The molecule has 1 rings (SSSR count). The quantitative estimate of drug-likeness (QED) is 0.558. The van der Waals surface area contributed by atoms with Crippen molar-refractivity contribution in [3.63, 3.8) is 0 Å². The Morgan fingerprint density at radius 3 is 2.83 bits per heavy atom. The molecule has 62 valence electrons. The maximum Gasteiger partial charge on any atom is 0.186 e. The summed E-state index contributed by atoms with van der Waals surface area (Å²) in [6.07, 6.45) is 1.32. The van der Waals surface area contributed by atoms with Gasteiger partial charge in [0.05, 0.1) is 0 Å². The van der Waals surface area contributed by atoms with Crippen LogP contribution in [0, 0.1) is 6.92 Å². The third-order valence-electron chi connectivity index (χ3n) is 1.57. The van der Waals surface area contributed by atoms with Gasteiger partial charge >= 0.3 is 0 Å². The van der Waals surface area contributed by atoms with E-state index in [1.807, 2.05) is 25.1 Å². The van der Waals surface area contributed by atoms with Gasteiger partial charge in [-0.3, -0.25) is 4.79 Å². The highest BCUT2D eigenvalue weighted by atomic mass is 79.9. The lowest BCUT2D eigenvalue weighted by molar-refractivity contribution is 0.104. The van der Waals surface area contributed by atoms with E-state index in [9.17, 15) is 4.79 Å². The molecular formula is C10H9BrO. The Morgan fingerprint density at radius 1 is 1.58 bits per heavy atom. The lowest BCUT2D eigenvalue weighted by atomic mass is 10.1. The number of carbonyl (C=O) groups excluding carboxylic acids is 1. The van der Waals surface area contributed by atoms with Crippen molar-refractivity contribution in [3.05, 3.63) is 46.5 Å². The van der Waals surface area contributed by atoms with Crippen molar-refractivity contribution in [3.8, 4) is 0 Å². The minimum absolute atomic E-state index is 0.0504. The van der Waals surface area contributed by atoms with Crippen LogP contribution in [0.25, 0.3) is 0 Å². The fourth-order valence-corrected chi connectivity index (χ4v) is 1.38. The van der Waals surface area contributed by atoms with Gasteiger partial charge < -0.3 is 0 Å². The first-order chi connectivity index (χ1) is 5.65. The van der Waals surface area contributed by atoms with Gasteiger partial charge in [-0.05, 0) is 25.1 Å². The lowest BCUT2D eigenvalue weighted by Gasteiger charge is -2.00. The summed E-state index contributed by atoms with van der Waals surface area (Å²) in [6, 6.07) is 5.66. The average Bonchev–Trinajstić information content (AvgIpc) is 2.08. The molecule has 0 saturated carbocycles. The first-order valence-corrected chi connectivity index (χ1v) is 4.37. The van der Waals surface area contributed by atoms with Gasteiger partial charge in [-0.25, -0.2) is 0 Å². The van der Waals surface area contributed by atoms with E-state index in [2.05, 4.69) is 22.5 Å². The first kappa shape index (κ1) is 9.20. The molecule has 0 aliphatic carbocycles. The van der Waals surface area contributed by atoms with Crippen LogP contribution in [0.15, 0.2) is 35.3 Å². The molecule has 12 heavy (non-hydrogen) atoms. The van der Waals surface area contributed by atoms with E-state index in [1.165, 1.54) is 6.08 Å². The third-order valence-corrected chi connectivity index (χ3v) is 2.26. The Kier molecular flexibility index (Phi) is 2.82. The van der Waals surface area contributed by atoms with E-state index in [0.29, 0.717) is 5.56 Å². The average molecular weight is 225 g/mol. The van der Waals surface area contributed by atoms with E-state index in [1.54, 1.807) is 0 Å². The molecule has 0 unspecified atom stereocenters. The highest BCUT2D eigenvalue weighted by Crippen LogP contribution is 2.18. The van der Waals surface area contributed by atoms with Crippen LogP contribution >= 0.6 is 15.9 Å². The Bertz CT molecular complexity index is 329. The number of hydrogen-bond donors (Lipinski definition) is 0. The standard InChI is InChI=1S/C10H9BrO/c1-3-10(12)8-6-7(2)4-5-9(8)11/h3-6H,1H2,2H3. The Balaban J connectivity index is 3.22. The number of hydrogen-bond acceptors (Lipinski definition) is 1. The van der Waals surface area contributed by atoms with Gasteiger partial charge in [-0.15, -0.1) is 0 Å². The van der Waals surface area contributed by atoms with Crippen molar-refractivity contribution >= 4 is 21.7 Å². The second-order valence-electron chi connectivity index (χ2n) is 2.55. The van der Waals surface area contributed by atoms with E-state index in [4.69, 9.17) is 0 Å². The van der Waals surface area contributed by atoms with Crippen LogP contribution < -0.4 is 0 Å². The summed E-state index contributed by atoms with van der Waals surface area (Å²) in [5.41, 5.74) is 1.74. The molecule has 0 aliphatic rings. The maximum atomic E-state index is 11.2. The summed E-state index contributed by atoms with van der Waals surface area (Å²) in [6.45, 7) is 5.39. The van der Waals surface area contributed by atoms with Crippen LogP contribution in [0.5, 0.6) is 0 Å². The molecule has 1 aromatic rings. The van der Waals surface area contributed by atoms with Crippen LogP contribution in [0.1, 0.15) is 15.9 Å². The normalized spacial score (nSPS) is 9.50. The van der Waals surface area contributed by atoms with E-state index in [0.717, 1.165) is 10.0 Å². The molecule has 0 radical (unpaired) electrons. The molecule has 1 aromatic carbocycles. The zero-order chi connectivity index (χ0) is 9.14. The molecule has 0 heterocycles. The monoisotopic (exact) mass is 224 g/mol. The van der Waals surface area contributed by atoms with Crippen molar-refractivity contribution < 1.29 is 4.79 Å². The van der Waals surface area contributed by atoms with Crippen molar-refractivity contribution in [2.75, 3.05) is 0 Å². The molecule has 2 heteroatoms. The summed E-state index contributed by atoms with van der Waals surface area (Å²) >= 11 is 3.30. The second kappa shape index (κ2) is 3.68. The summed E-state index contributed by atoms with van der Waals surface area (Å²) in [5.74, 6) is -0.0504. The van der Waals surface area contributed by atoms with Crippen LogP contribution in [-0.2, 0) is 0 Å². The molecule has 0 bridgehead atoms. The van der Waals surface area contributed by atoms with E-state index < -0.39 is 0 Å². The number of halogens is 1. The van der Waals surface area contributed by atoms with E-state index in [-0.39, 0.29) is 5.78 Å². The molecular weight excluding hydrogens is 216 g/mol. The van der Waals surface area contributed by atoms with E-state index >= 15 is 0 Å². The van der Waals surface area contributed by atoms with Crippen LogP contribution in [0.4, 0.5) is 0 Å². The molecule has 0 aliphatic heterocycles. The van der Waals surface area contributed by atoms with Crippen LogP contribution in [-0.4, -0.2) is 5.78 Å². The van der Waals surface area contributed by atoms with Crippen molar-refractivity contribution in [1.29, 1.82) is 0 Å². The highest BCUT2D eigenvalue weighted by molar-refractivity contribution is 9.10. The minimum Gasteiger partial charge on any atom is -0.289 e. The van der Waals surface area contributed by atoms with Crippen molar-refractivity contribution in [2.45, 2.75) is 6.92 Å². The molecule has 0 amide bonds. The third kappa shape index (κ3) is 1.83. The number of aryl methyl sites for hydroxylation is 1. The summed E-state index contributed by atoms with van der Waals surface area (Å²) < 4.78 is 0.818. The zero-order valence-electron chi connectivity index (χ0n) is 6.80. The Morgan fingerprint density at radius 2 is 2.25 bits per heavy atom. The predicted molar refractivity (Wildman–Crippen MR) is 53.4 cm³/mol. The lowest BCUT2D eigenvalue weighted by Crippen LogP contribution is -1.95. The fraction of sp³-hybridized carbons (Fsp3) is 0.100. The number of ketones is 1. The number of rotatable bonds is 2. The van der Waals surface area contributed by atoms with Crippen LogP contribution in [0.2, 0.25) is 0 Å². The minimum atomic E-state index is -0.0504. The summed E-state index contributed by atoms with van der Waals surface area (Å²) in [7, 11) is 0. The largest absolute Gasteiger partial charge is 0.289 e. The number of benzene rings is 1. The second-order valence-corrected chi connectivity index (χ2v) is 3.41. The van der Waals surface area contributed by atoms with Gasteiger partial charge in [0.2, 0.25) is 0 Å². The van der Waals surface area contributed by atoms with Gasteiger partial charge in [-0.2, -0.15) is 0 Å². The Hall–Kier alpha value is -0.890. The Labute approximate surface area is 80.2 Å². The van der Waals surface area contributed by atoms with Gasteiger partial charge in [-0.1, -0.05) is 34.1 Å². The molecule has 1 nitrogen and oxygen atoms in total. The van der Waals surface area contributed by atoms with Gasteiger partial charge in [0.1, 0.15) is 0 Å². The molecule has 0 spiro atoms. The highest BCUT2D eigenvalue weighted by Gasteiger charge is 2.05. The first-order valence-electron chi connectivity index (χ1n) is 3.58. The van der Waals surface area contributed by atoms with Gasteiger partial charge in [0.15, 0.2) is 5.78 Å². The topological polar surface area (TPSA) is 17.1 Å². The summed E-state index contributed by atoms with van der Waals surface area (Å²) in [4.78, 5) is 11.2.